The molecule has 0 radical (unpaired) electrons. The van der Waals surface area contributed by atoms with Crippen molar-refractivity contribution in [3.63, 3.8) is 0 Å². The summed E-state index contributed by atoms with van der Waals surface area (Å²) in [5.74, 6) is 0.431. The molecule has 1 fully saturated rings. The summed E-state index contributed by atoms with van der Waals surface area (Å²) >= 11 is 0. The first-order valence-electron chi connectivity index (χ1n) is 8.91. The molecule has 2 heterocycles. The molecule has 0 saturated carbocycles. The van der Waals surface area contributed by atoms with Gasteiger partial charge in [-0.3, -0.25) is 4.79 Å². The van der Waals surface area contributed by atoms with Gasteiger partial charge in [-0.15, -0.1) is 0 Å². The number of amides is 1. The molecular formula is C20H25N3O2. The van der Waals surface area contributed by atoms with Gasteiger partial charge < -0.3 is 15.0 Å². The largest absolute Gasteiger partial charge is 0.489 e. The van der Waals surface area contributed by atoms with E-state index in [-0.39, 0.29) is 12.0 Å². The van der Waals surface area contributed by atoms with Crippen LogP contribution in [0.2, 0.25) is 0 Å². The number of para-hydroxylation sites is 2. The molecule has 1 aliphatic heterocycles. The molecule has 1 aromatic carbocycles. The van der Waals surface area contributed by atoms with Gasteiger partial charge in [0.05, 0.1) is 23.7 Å². The maximum absolute atomic E-state index is 12.5. The van der Waals surface area contributed by atoms with Crippen LogP contribution >= 0.6 is 0 Å². The molecular weight excluding hydrogens is 314 g/mol. The number of nitrogens with one attached hydrogen (secondary N) is 1. The molecule has 0 atom stereocenters. The van der Waals surface area contributed by atoms with Crippen molar-refractivity contribution in [3.05, 3.63) is 48.3 Å². The maximum Gasteiger partial charge on any atom is 0.274 e. The highest BCUT2D eigenvalue weighted by molar-refractivity contribution is 6.03. The van der Waals surface area contributed by atoms with Gasteiger partial charge in [0.1, 0.15) is 11.4 Å². The fraction of sp³-hybridized carbons (Fsp3) is 0.400. The van der Waals surface area contributed by atoms with Gasteiger partial charge in [-0.25, -0.2) is 4.98 Å². The highest BCUT2D eigenvalue weighted by Gasteiger charge is 2.14. The van der Waals surface area contributed by atoms with E-state index in [2.05, 4.69) is 15.2 Å². The first kappa shape index (κ1) is 17.3. The maximum atomic E-state index is 12.5. The monoisotopic (exact) mass is 339 g/mol. The summed E-state index contributed by atoms with van der Waals surface area (Å²) in [5, 5.41) is 2.89. The van der Waals surface area contributed by atoms with Crippen LogP contribution in [0.15, 0.2) is 42.6 Å². The van der Waals surface area contributed by atoms with Crippen LogP contribution in [0.1, 0.15) is 43.6 Å². The zero-order valence-corrected chi connectivity index (χ0v) is 14.9. The molecule has 0 unspecified atom stereocenters. The third-order valence-electron chi connectivity index (χ3n) is 4.20. The van der Waals surface area contributed by atoms with Crippen LogP contribution in [-0.2, 0) is 0 Å². The summed E-state index contributed by atoms with van der Waals surface area (Å²) in [6.45, 7) is 6.04. The van der Waals surface area contributed by atoms with Gasteiger partial charge in [-0.1, -0.05) is 12.1 Å². The number of benzene rings is 1. The molecule has 25 heavy (non-hydrogen) atoms. The molecule has 5 nitrogen and oxygen atoms in total. The van der Waals surface area contributed by atoms with Crippen molar-refractivity contribution in [3.8, 4) is 5.75 Å². The summed E-state index contributed by atoms with van der Waals surface area (Å²) in [6, 6.07) is 11.2. The minimum atomic E-state index is -0.231. The molecule has 132 valence electrons. The van der Waals surface area contributed by atoms with Gasteiger partial charge in [0.25, 0.3) is 5.91 Å². The second kappa shape index (κ2) is 8.01. The minimum absolute atomic E-state index is 0.0417. The van der Waals surface area contributed by atoms with Gasteiger partial charge in [0.15, 0.2) is 0 Å². The number of carbonyl (C=O) groups is 1. The van der Waals surface area contributed by atoms with Crippen molar-refractivity contribution in [1.82, 2.24) is 4.98 Å². The Balaban J connectivity index is 1.69. The summed E-state index contributed by atoms with van der Waals surface area (Å²) in [5.41, 5.74) is 2.14. The molecule has 1 amide bonds. The number of ether oxygens (including phenoxy) is 1. The number of carbonyl (C=O) groups excluding carboxylic acids is 1. The quantitative estimate of drug-likeness (QED) is 0.890. The zero-order valence-electron chi connectivity index (χ0n) is 14.9. The summed E-state index contributed by atoms with van der Waals surface area (Å²) in [4.78, 5) is 19.2. The highest BCUT2D eigenvalue weighted by Crippen LogP contribution is 2.25. The standard InChI is InChI=1S/C20H25N3O2/c1-15(2)25-19-9-5-4-8-17(19)22-20(24)18-11-10-16(14-21-18)23-12-6-3-7-13-23/h4-5,8-11,14-15H,3,6-7,12-13H2,1-2H3,(H,22,24). The number of anilines is 2. The van der Waals surface area contributed by atoms with Crippen LogP contribution in [-0.4, -0.2) is 30.1 Å². The second-order valence-electron chi connectivity index (χ2n) is 6.57. The van der Waals surface area contributed by atoms with Gasteiger partial charge >= 0.3 is 0 Å². The number of hydrogen-bond acceptors (Lipinski definition) is 4. The molecule has 1 saturated heterocycles. The van der Waals surface area contributed by atoms with Crippen LogP contribution < -0.4 is 15.0 Å². The number of hydrogen-bond donors (Lipinski definition) is 1. The molecule has 5 heteroatoms. The van der Waals surface area contributed by atoms with E-state index in [0.29, 0.717) is 17.1 Å². The predicted octanol–water partition coefficient (Wildman–Crippen LogP) is 4.11. The summed E-state index contributed by atoms with van der Waals surface area (Å²) in [6.07, 6.45) is 5.56. The Morgan fingerprint density at radius 3 is 2.56 bits per heavy atom. The Labute approximate surface area is 149 Å². The minimum Gasteiger partial charge on any atom is -0.489 e. The lowest BCUT2D eigenvalue weighted by molar-refractivity contribution is 0.102. The second-order valence-corrected chi connectivity index (χ2v) is 6.57. The van der Waals surface area contributed by atoms with E-state index < -0.39 is 0 Å². The van der Waals surface area contributed by atoms with Gasteiger partial charge in [-0.05, 0) is 57.4 Å². The van der Waals surface area contributed by atoms with Crippen molar-refractivity contribution in [1.29, 1.82) is 0 Å². The fourth-order valence-electron chi connectivity index (χ4n) is 2.97. The number of nitrogens with zero attached hydrogens (tertiary/aromatic N) is 2. The molecule has 1 aliphatic rings. The van der Waals surface area contributed by atoms with E-state index in [0.717, 1.165) is 18.8 Å². The van der Waals surface area contributed by atoms with Crippen LogP contribution in [0.25, 0.3) is 0 Å². The summed E-state index contributed by atoms with van der Waals surface area (Å²) in [7, 11) is 0. The van der Waals surface area contributed by atoms with E-state index in [1.807, 2.05) is 44.2 Å². The van der Waals surface area contributed by atoms with Crippen molar-refractivity contribution >= 4 is 17.3 Å². The lowest BCUT2D eigenvalue weighted by atomic mass is 10.1. The van der Waals surface area contributed by atoms with E-state index in [9.17, 15) is 4.79 Å². The number of aromatic nitrogens is 1. The third-order valence-corrected chi connectivity index (χ3v) is 4.20. The van der Waals surface area contributed by atoms with Crippen LogP contribution in [0.4, 0.5) is 11.4 Å². The number of rotatable bonds is 5. The van der Waals surface area contributed by atoms with E-state index in [1.54, 1.807) is 12.3 Å². The van der Waals surface area contributed by atoms with Crippen molar-refractivity contribution < 1.29 is 9.53 Å². The Hall–Kier alpha value is -2.56. The van der Waals surface area contributed by atoms with E-state index in [1.165, 1.54) is 19.3 Å². The van der Waals surface area contributed by atoms with E-state index >= 15 is 0 Å². The number of piperidine rings is 1. The van der Waals surface area contributed by atoms with Crippen LogP contribution in [0.5, 0.6) is 5.75 Å². The molecule has 0 aliphatic carbocycles. The Kier molecular flexibility index (Phi) is 5.53. The average Bonchev–Trinajstić information content (AvgIpc) is 2.64. The fourth-order valence-corrected chi connectivity index (χ4v) is 2.97. The smallest absolute Gasteiger partial charge is 0.274 e. The van der Waals surface area contributed by atoms with Gasteiger partial charge in [0.2, 0.25) is 0 Å². The first-order chi connectivity index (χ1) is 12.1. The van der Waals surface area contributed by atoms with Gasteiger partial charge in [-0.2, -0.15) is 0 Å². The van der Waals surface area contributed by atoms with Crippen LogP contribution in [0, 0.1) is 0 Å². The third kappa shape index (κ3) is 4.50. The predicted molar refractivity (Wildman–Crippen MR) is 100 cm³/mol. The summed E-state index contributed by atoms with van der Waals surface area (Å²) < 4.78 is 5.74. The first-order valence-corrected chi connectivity index (χ1v) is 8.91. The Bertz CT molecular complexity index is 707. The van der Waals surface area contributed by atoms with Crippen molar-refractivity contribution in [2.75, 3.05) is 23.3 Å². The Morgan fingerprint density at radius 1 is 1.12 bits per heavy atom. The molecule has 2 aromatic rings. The average molecular weight is 339 g/mol. The Morgan fingerprint density at radius 2 is 1.88 bits per heavy atom. The lowest BCUT2D eigenvalue weighted by Crippen LogP contribution is -2.29. The molecule has 0 bridgehead atoms. The lowest BCUT2D eigenvalue weighted by Gasteiger charge is -2.28. The normalized spacial score (nSPS) is 14.4. The van der Waals surface area contributed by atoms with Crippen molar-refractivity contribution in [2.45, 2.75) is 39.2 Å². The molecule has 1 N–H and O–H groups in total. The van der Waals surface area contributed by atoms with Crippen LogP contribution in [0.3, 0.4) is 0 Å². The van der Waals surface area contributed by atoms with Crippen molar-refractivity contribution in [2.24, 2.45) is 0 Å². The van der Waals surface area contributed by atoms with E-state index in [4.69, 9.17) is 4.74 Å². The molecule has 1 aromatic heterocycles. The molecule has 0 spiro atoms. The van der Waals surface area contributed by atoms with Gasteiger partial charge in [0, 0.05) is 13.1 Å². The zero-order chi connectivity index (χ0) is 17.6. The molecule has 3 rings (SSSR count). The topological polar surface area (TPSA) is 54.5 Å². The number of pyridine rings is 1. The highest BCUT2D eigenvalue weighted by atomic mass is 16.5. The SMILES string of the molecule is CC(C)Oc1ccccc1NC(=O)c1ccc(N2CCCCC2)cn1.